The maximum absolute atomic E-state index is 13.2. The summed E-state index contributed by atoms with van der Waals surface area (Å²) in [6, 6.07) is 3.72. The minimum atomic E-state index is -0.409. The van der Waals surface area contributed by atoms with Gasteiger partial charge in [-0.3, -0.25) is 9.59 Å². The van der Waals surface area contributed by atoms with E-state index in [4.69, 9.17) is 21.1 Å². The number of ketones is 2. The van der Waals surface area contributed by atoms with Gasteiger partial charge in [0, 0.05) is 47.8 Å². The largest absolute Gasteiger partial charge is 0.490 e. The van der Waals surface area contributed by atoms with Crippen LogP contribution in [0.4, 0.5) is 0 Å². The van der Waals surface area contributed by atoms with Crippen LogP contribution in [0, 0.1) is 0 Å². The van der Waals surface area contributed by atoms with Crippen LogP contribution in [-0.4, -0.2) is 36.2 Å². The van der Waals surface area contributed by atoms with Crippen molar-refractivity contribution in [3.8, 4) is 11.5 Å². The Morgan fingerprint density at radius 1 is 1.03 bits per heavy atom. The Hall–Kier alpha value is -2.53. The molecule has 5 nitrogen and oxygen atoms in total. The number of rotatable bonds is 7. The fourth-order valence-corrected chi connectivity index (χ4v) is 5.51. The van der Waals surface area contributed by atoms with Gasteiger partial charge in [0.15, 0.2) is 23.1 Å². The fourth-order valence-electron chi connectivity index (χ4n) is 5.23. The van der Waals surface area contributed by atoms with Crippen molar-refractivity contribution in [1.29, 1.82) is 0 Å². The van der Waals surface area contributed by atoms with E-state index in [1.54, 1.807) is 6.08 Å². The predicted octanol–water partition coefficient (Wildman–Crippen LogP) is 5.74. The molecule has 0 amide bonds. The van der Waals surface area contributed by atoms with E-state index < -0.39 is 5.92 Å². The molecule has 0 spiro atoms. The second kappa shape index (κ2) is 9.53. The minimum Gasteiger partial charge on any atom is -0.490 e. The molecule has 0 fully saturated rings. The predicted molar refractivity (Wildman–Crippen MR) is 125 cm³/mol. The summed E-state index contributed by atoms with van der Waals surface area (Å²) in [6.07, 6.45) is 6.06. The van der Waals surface area contributed by atoms with Crippen LogP contribution in [0.15, 0.2) is 47.3 Å². The lowest BCUT2D eigenvalue weighted by atomic mass is 9.71. The van der Waals surface area contributed by atoms with Gasteiger partial charge in [-0.1, -0.05) is 24.3 Å². The third-order valence-corrected chi connectivity index (χ3v) is 6.69. The quantitative estimate of drug-likeness (QED) is 0.491. The van der Waals surface area contributed by atoms with Crippen molar-refractivity contribution in [3.05, 3.63) is 57.9 Å². The number of allylic oxidation sites excluding steroid dienone is 4. The minimum absolute atomic E-state index is 0.126. The molecule has 6 heteroatoms. The van der Waals surface area contributed by atoms with Crippen LogP contribution in [0.3, 0.4) is 0 Å². The highest BCUT2D eigenvalue weighted by atomic mass is 35.5. The van der Waals surface area contributed by atoms with Gasteiger partial charge in [0.25, 0.3) is 0 Å². The molecule has 4 rings (SSSR count). The lowest BCUT2D eigenvalue weighted by Gasteiger charge is -2.43. The molecule has 2 aliphatic carbocycles. The molecule has 170 valence electrons. The molecule has 0 radical (unpaired) electrons. The zero-order valence-corrected chi connectivity index (χ0v) is 19.6. The Balaban J connectivity index is 1.93. The van der Waals surface area contributed by atoms with Gasteiger partial charge in [0.05, 0.1) is 11.6 Å². The van der Waals surface area contributed by atoms with Gasteiger partial charge in [-0.2, -0.15) is 0 Å². The summed E-state index contributed by atoms with van der Waals surface area (Å²) in [5, 5.41) is 0.404. The molecule has 1 aromatic rings. The van der Waals surface area contributed by atoms with Gasteiger partial charge in [0.2, 0.25) is 0 Å². The van der Waals surface area contributed by atoms with E-state index >= 15 is 0 Å². The van der Waals surface area contributed by atoms with E-state index in [-0.39, 0.29) is 11.6 Å². The zero-order valence-electron chi connectivity index (χ0n) is 18.8. The number of carbonyl (C=O) groups is 2. The summed E-state index contributed by atoms with van der Waals surface area (Å²) in [6.45, 7) is 9.18. The Morgan fingerprint density at radius 2 is 1.66 bits per heavy atom. The highest BCUT2D eigenvalue weighted by Crippen LogP contribution is 2.51. The Kier molecular flexibility index (Phi) is 6.75. The summed E-state index contributed by atoms with van der Waals surface area (Å²) in [5.41, 5.74) is 4.47. The number of ether oxygens (including phenoxy) is 2. The number of halogens is 1. The highest BCUT2D eigenvalue weighted by molar-refractivity contribution is 6.32. The summed E-state index contributed by atoms with van der Waals surface area (Å²) in [5.74, 6) is 0.817. The van der Waals surface area contributed by atoms with Crippen molar-refractivity contribution >= 4 is 23.2 Å². The first-order valence-electron chi connectivity index (χ1n) is 11.5. The van der Waals surface area contributed by atoms with Gasteiger partial charge in [-0.05, 0) is 57.2 Å². The Labute approximate surface area is 194 Å². The van der Waals surface area contributed by atoms with Gasteiger partial charge in [0.1, 0.15) is 6.61 Å². The van der Waals surface area contributed by atoms with Crippen molar-refractivity contribution < 1.29 is 19.1 Å². The summed E-state index contributed by atoms with van der Waals surface area (Å²) < 4.78 is 11.6. The van der Waals surface area contributed by atoms with Crippen LogP contribution in [0.1, 0.15) is 63.9 Å². The summed E-state index contributed by atoms with van der Waals surface area (Å²) >= 11 is 6.65. The van der Waals surface area contributed by atoms with Crippen molar-refractivity contribution in [1.82, 2.24) is 4.90 Å². The normalized spacial score (nSPS) is 19.2. The molecule has 1 heterocycles. The van der Waals surface area contributed by atoms with E-state index in [2.05, 4.69) is 18.4 Å². The molecule has 0 aromatic heterocycles. The monoisotopic (exact) mass is 455 g/mol. The number of carbonyl (C=O) groups excluding carboxylic acids is 2. The van der Waals surface area contributed by atoms with Gasteiger partial charge in [-0.15, -0.1) is 0 Å². The van der Waals surface area contributed by atoms with Crippen molar-refractivity contribution in [2.24, 2.45) is 0 Å². The molecule has 3 aliphatic rings. The first-order chi connectivity index (χ1) is 15.5. The molecular formula is C26H30ClNO4. The molecule has 1 aliphatic heterocycles. The molecule has 0 atom stereocenters. The number of Topliss-reactive ketones (excluding diaryl/α,β-unsaturated/α-hetero) is 2. The highest BCUT2D eigenvalue weighted by Gasteiger charge is 2.43. The number of hydrogen-bond donors (Lipinski definition) is 0. The SMILES string of the molecule is C=CCOc1c(Cl)cc(C2C3=C(CCCC3=O)N(CC)C3=C2C(=O)CCC3)cc1OCC. The average Bonchev–Trinajstić information content (AvgIpc) is 2.77. The van der Waals surface area contributed by atoms with Crippen molar-refractivity contribution in [2.75, 3.05) is 19.8 Å². The Bertz CT molecular complexity index is 979. The summed E-state index contributed by atoms with van der Waals surface area (Å²) in [7, 11) is 0. The smallest absolute Gasteiger partial charge is 0.180 e. The van der Waals surface area contributed by atoms with Crippen LogP contribution in [-0.2, 0) is 9.59 Å². The Morgan fingerprint density at radius 3 is 2.19 bits per heavy atom. The molecular weight excluding hydrogens is 426 g/mol. The first-order valence-corrected chi connectivity index (χ1v) is 11.9. The first kappa shape index (κ1) is 22.7. The van der Waals surface area contributed by atoms with E-state index in [9.17, 15) is 9.59 Å². The lowest BCUT2D eigenvalue weighted by Crippen LogP contribution is -2.39. The van der Waals surface area contributed by atoms with Crippen LogP contribution >= 0.6 is 11.6 Å². The van der Waals surface area contributed by atoms with E-state index in [0.29, 0.717) is 42.6 Å². The molecule has 0 saturated heterocycles. The maximum Gasteiger partial charge on any atom is 0.180 e. The number of benzene rings is 1. The summed E-state index contributed by atoms with van der Waals surface area (Å²) in [4.78, 5) is 28.7. The van der Waals surface area contributed by atoms with E-state index in [1.807, 2.05) is 19.1 Å². The van der Waals surface area contributed by atoms with Crippen LogP contribution in [0.25, 0.3) is 0 Å². The van der Waals surface area contributed by atoms with E-state index in [1.165, 1.54) is 0 Å². The molecule has 1 aromatic carbocycles. The number of hydrogen-bond acceptors (Lipinski definition) is 5. The fraction of sp³-hybridized carbons (Fsp3) is 0.462. The second-order valence-electron chi connectivity index (χ2n) is 8.31. The molecule has 0 N–H and O–H groups in total. The van der Waals surface area contributed by atoms with E-state index in [0.717, 1.165) is 60.3 Å². The second-order valence-corrected chi connectivity index (χ2v) is 8.72. The third-order valence-electron chi connectivity index (χ3n) is 6.41. The molecule has 0 unspecified atom stereocenters. The molecule has 0 bridgehead atoms. The van der Waals surface area contributed by atoms with Crippen molar-refractivity contribution in [3.63, 3.8) is 0 Å². The van der Waals surface area contributed by atoms with Crippen LogP contribution in [0.5, 0.6) is 11.5 Å². The standard InChI is InChI=1S/C26H30ClNO4/c1-4-13-32-26-17(27)14-16(15-22(26)31-6-3)23-24-18(9-7-11-20(24)29)28(5-2)19-10-8-12-21(30)25(19)23/h4,14-15,23H,1,5-13H2,2-3H3. The van der Waals surface area contributed by atoms with Crippen LogP contribution < -0.4 is 9.47 Å². The van der Waals surface area contributed by atoms with Gasteiger partial charge in [-0.25, -0.2) is 0 Å². The average molecular weight is 456 g/mol. The maximum atomic E-state index is 13.2. The van der Waals surface area contributed by atoms with Gasteiger partial charge >= 0.3 is 0 Å². The number of nitrogens with zero attached hydrogens (tertiary/aromatic N) is 1. The molecule has 32 heavy (non-hydrogen) atoms. The van der Waals surface area contributed by atoms with Gasteiger partial charge < -0.3 is 14.4 Å². The van der Waals surface area contributed by atoms with Crippen molar-refractivity contribution in [2.45, 2.75) is 58.3 Å². The topological polar surface area (TPSA) is 55.8 Å². The molecule has 0 saturated carbocycles. The zero-order chi connectivity index (χ0) is 22.8. The van der Waals surface area contributed by atoms with Crippen LogP contribution in [0.2, 0.25) is 5.02 Å². The third kappa shape index (κ3) is 3.88. The lowest BCUT2D eigenvalue weighted by molar-refractivity contribution is -0.117.